The van der Waals surface area contributed by atoms with E-state index < -0.39 is 0 Å². The second-order valence-electron chi connectivity index (χ2n) is 8.15. The van der Waals surface area contributed by atoms with Crippen LogP contribution in [0.5, 0.6) is 17.5 Å². The number of rotatable bonds is 9. The Bertz CT molecular complexity index is 931. The zero-order valence-electron chi connectivity index (χ0n) is 20.0. The summed E-state index contributed by atoms with van der Waals surface area (Å²) in [5.74, 6) is 2.26. The summed E-state index contributed by atoms with van der Waals surface area (Å²) in [5.41, 5.74) is 1.44. The first-order valence-electron chi connectivity index (χ1n) is 11.2. The van der Waals surface area contributed by atoms with Gasteiger partial charge in [-0.05, 0) is 39.8 Å². The summed E-state index contributed by atoms with van der Waals surface area (Å²) in [4.78, 5) is 26.9. The van der Waals surface area contributed by atoms with Crippen LogP contribution in [0.2, 0.25) is 0 Å². The molecule has 2 aromatic rings. The molecule has 0 radical (unpaired) electrons. The van der Waals surface area contributed by atoms with Gasteiger partial charge in [0, 0.05) is 39.6 Å². The van der Waals surface area contributed by atoms with Crippen molar-refractivity contribution in [3.8, 4) is 17.5 Å². The Morgan fingerprint density at radius 1 is 1.18 bits per heavy atom. The minimum absolute atomic E-state index is 0.0459. The highest BCUT2D eigenvalue weighted by molar-refractivity contribution is 5.67. The van der Waals surface area contributed by atoms with Crippen LogP contribution in [0.15, 0.2) is 18.5 Å². The van der Waals surface area contributed by atoms with Gasteiger partial charge in [-0.3, -0.25) is 0 Å². The number of ether oxygens (including phenoxy) is 4. The molecule has 0 unspecified atom stereocenters. The van der Waals surface area contributed by atoms with Crippen LogP contribution in [0, 0.1) is 13.8 Å². The molecule has 0 spiro atoms. The highest BCUT2D eigenvalue weighted by Gasteiger charge is 2.26. The Labute approximate surface area is 194 Å². The normalized spacial score (nSPS) is 14.3. The minimum Gasteiger partial charge on any atom is -0.474 e. The number of hydrogen-bond donors (Lipinski definition) is 1. The molecule has 0 aliphatic carbocycles. The highest BCUT2D eigenvalue weighted by atomic mass is 16.6. The first kappa shape index (κ1) is 24.5. The molecule has 2 aromatic heterocycles. The second-order valence-corrected chi connectivity index (χ2v) is 8.15. The summed E-state index contributed by atoms with van der Waals surface area (Å²) >= 11 is 0. The third kappa shape index (κ3) is 6.92. The number of hydrogen-bond acceptors (Lipinski definition) is 9. The lowest BCUT2D eigenvalue weighted by atomic mass is 10.1. The number of nitrogens with one attached hydrogen (secondary N) is 1. The average molecular weight is 460 g/mol. The van der Waals surface area contributed by atoms with Crippen molar-refractivity contribution in [2.45, 2.75) is 52.7 Å². The smallest absolute Gasteiger partial charge is 0.410 e. The van der Waals surface area contributed by atoms with E-state index >= 15 is 0 Å². The molecule has 3 heterocycles. The lowest BCUT2D eigenvalue weighted by Gasteiger charge is -2.31. The van der Waals surface area contributed by atoms with Crippen molar-refractivity contribution in [3.05, 3.63) is 29.7 Å². The van der Waals surface area contributed by atoms with E-state index in [0.717, 1.165) is 11.5 Å². The molecule has 3 rings (SSSR count). The molecule has 1 amide bonds. The van der Waals surface area contributed by atoms with Crippen LogP contribution in [0.4, 0.5) is 10.6 Å². The van der Waals surface area contributed by atoms with Gasteiger partial charge in [0.15, 0.2) is 5.75 Å². The van der Waals surface area contributed by atoms with Crippen LogP contribution in [-0.4, -0.2) is 71.5 Å². The lowest BCUT2D eigenvalue weighted by Crippen LogP contribution is -2.42. The maximum absolute atomic E-state index is 12.1. The van der Waals surface area contributed by atoms with E-state index in [1.54, 1.807) is 12.0 Å². The predicted molar refractivity (Wildman–Crippen MR) is 123 cm³/mol. The van der Waals surface area contributed by atoms with E-state index in [4.69, 9.17) is 18.9 Å². The molecule has 33 heavy (non-hydrogen) atoms. The average Bonchev–Trinajstić information content (AvgIpc) is 2.78. The summed E-state index contributed by atoms with van der Waals surface area (Å²) in [6, 6.07) is 3.70. The van der Waals surface area contributed by atoms with Gasteiger partial charge in [-0.1, -0.05) is 0 Å². The fourth-order valence-corrected chi connectivity index (χ4v) is 3.37. The Hall–Kier alpha value is -3.14. The molecule has 0 atom stereocenters. The summed E-state index contributed by atoms with van der Waals surface area (Å²) in [7, 11) is 1.66. The summed E-state index contributed by atoms with van der Waals surface area (Å²) in [6.45, 7) is 9.87. The maximum atomic E-state index is 12.1. The molecule has 1 aliphatic rings. The summed E-state index contributed by atoms with van der Waals surface area (Å²) < 4.78 is 22.5. The first-order chi connectivity index (χ1) is 15.9. The molecule has 0 bridgehead atoms. The van der Waals surface area contributed by atoms with Crippen molar-refractivity contribution < 1.29 is 23.7 Å². The molecule has 1 aliphatic heterocycles. The third-order valence-corrected chi connectivity index (χ3v) is 5.16. The third-order valence-electron chi connectivity index (χ3n) is 5.16. The fourth-order valence-electron chi connectivity index (χ4n) is 3.37. The van der Waals surface area contributed by atoms with Crippen molar-refractivity contribution in [1.29, 1.82) is 0 Å². The number of methoxy groups -OCH3 is 1. The first-order valence-corrected chi connectivity index (χ1v) is 11.2. The molecule has 0 saturated carbocycles. The number of aryl methyl sites for hydroxylation is 1. The van der Waals surface area contributed by atoms with Crippen LogP contribution in [0.3, 0.4) is 0 Å². The van der Waals surface area contributed by atoms with E-state index in [1.807, 2.05) is 39.8 Å². The number of carbonyl (C=O) groups is 1. The number of likely N-dealkylation sites (tertiary alicyclic amines) is 1. The molecule has 1 N–H and O–H groups in total. The minimum atomic E-state index is -0.277. The Kier molecular flexibility index (Phi) is 8.65. The SMILES string of the molecule is COCCNc1ccc(Oc2ncnc(OC3CCN(C(=O)OC(C)C)CC3)c2C)c(C)n1. The fraction of sp³-hybridized carbons (Fsp3) is 0.565. The number of nitrogens with zero attached hydrogens (tertiary/aromatic N) is 4. The van der Waals surface area contributed by atoms with E-state index in [9.17, 15) is 4.79 Å². The van der Waals surface area contributed by atoms with Gasteiger partial charge in [-0.15, -0.1) is 0 Å². The molecular weight excluding hydrogens is 426 g/mol. The monoisotopic (exact) mass is 459 g/mol. The molecule has 0 aromatic carbocycles. The molecular formula is C23H33N5O5. The molecule has 10 nitrogen and oxygen atoms in total. The number of anilines is 1. The van der Waals surface area contributed by atoms with Gasteiger partial charge < -0.3 is 29.2 Å². The van der Waals surface area contributed by atoms with Crippen LogP contribution in [-0.2, 0) is 9.47 Å². The van der Waals surface area contributed by atoms with Crippen molar-refractivity contribution in [1.82, 2.24) is 19.9 Å². The zero-order valence-corrected chi connectivity index (χ0v) is 20.0. The van der Waals surface area contributed by atoms with Crippen LogP contribution >= 0.6 is 0 Å². The Morgan fingerprint density at radius 2 is 1.91 bits per heavy atom. The number of carbonyl (C=O) groups excluding carboxylic acids is 1. The predicted octanol–water partition coefficient (Wildman–Crippen LogP) is 3.73. The van der Waals surface area contributed by atoms with E-state index in [2.05, 4.69) is 20.3 Å². The zero-order chi connectivity index (χ0) is 23.8. The molecule has 180 valence electrons. The van der Waals surface area contributed by atoms with Gasteiger partial charge in [0.2, 0.25) is 11.8 Å². The van der Waals surface area contributed by atoms with E-state index in [-0.39, 0.29) is 18.3 Å². The molecule has 10 heteroatoms. The maximum Gasteiger partial charge on any atom is 0.410 e. The number of pyridine rings is 1. The largest absolute Gasteiger partial charge is 0.474 e. The van der Waals surface area contributed by atoms with Crippen molar-refractivity contribution in [3.63, 3.8) is 0 Å². The Morgan fingerprint density at radius 3 is 2.58 bits per heavy atom. The van der Waals surface area contributed by atoms with Crippen molar-refractivity contribution in [2.24, 2.45) is 0 Å². The number of amides is 1. The van der Waals surface area contributed by atoms with E-state index in [0.29, 0.717) is 62.2 Å². The topological polar surface area (TPSA) is 108 Å². The number of piperidine rings is 1. The highest BCUT2D eigenvalue weighted by Crippen LogP contribution is 2.30. The van der Waals surface area contributed by atoms with Crippen molar-refractivity contribution >= 4 is 11.9 Å². The lowest BCUT2D eigenvalue weighted by molar-refractivity contribution is 0.0505. The second kappa shape index (κ2) is 11.6. The van der Waals surface area contributed by atoms with Gasteiger partial charge in [-0.25, -0.2) is 19.7 Å². The van der Waals surface area contributed by atoms with Gasteiger partial charge in [0.25, 0.3) is 0 Å². The van der Waals surface area contributed by atoms with Gasteiger partial charge in [0.1, 0.15) is 18.2 Å². The summed E-state index contributed by atoms with van der Waals surface area (Å²) in [5, 5.41) is 3.19. The molecule has 1 fully saturated rings. The van der Waals surface area contributed by atoms with Gasteiger partial charge >= 0.3 is 6.09 Å². The van der Waals surface area contributed by atoms with Crippen molar-refractivity contribution in [2.75, 3.05) is 38.7 Å². The van der Waals surface area contributed by atoms with Crippen LogP contribution in [0.25, 0.3) is 0 Å². The molecule has 1 saturated heterocycles. The van der Waals surface area contributed by atoms with Crippen LogP contribution in [0.1, 0.15) is 37.9 Å². The van der Waals surface area contributed by atoms with Crippen LogP contribution < -0.4 is 14.8 Å². The van der Waals surface area contributed by atoms with Gasteiger partial charge in [-0.2, -0.15) is 0 Å². The van der Waals surface area contributed by atoms with E-state index in [1.165, 1.54) is 6.33 Å². The standard InChI is InChI=1S/C23H33N5O5/c1-15(2)31-23(29)28-11-8-18(9-12-28)32-21-16(3)22(26-14-25-21)33-19-6-7-20(27-17(19)4)24-10-13-30-5/h6-7,14-15,18H,8-13H2,1-5H3,(H,24,27). The quantitative estimate of drug-likeness (QED) is 0.561. The Balaban J connectivity index is 1.59. The van der Waals surface area contributed by atoms with Gasteiger partial charge in [0.05, 0.1) is 24.0 Å². The summed E-state index contributed by atoms with van der Waals surface area (Å²) in [6.07, 6.45) is 2.38. The number of aromatic nitrogens is 3.